The normalized spacial score (nSPS) is 10.7. The second kappa shape index (κ2) is 7.96. The number of benzene rings is 2. The highest BCUT2D eigenvalue weighted by Gasteiger charge is 2.15. The molecule has 0 aliphatic heterocycles. The Morgan fingerprint density at radius 3 is 2.68 bits per heavy atom. The molecule has 0 heterocycles. The Kier molecular flexibility index (Phi) is 5.95. The second-order valence-corrected chi connectivity index (χ2v) is 5.60. The first kappa shape index (κ1) is 18.7. The highest BCUT2D eigenvalue weighted by molar-refractivity contribution is 6.36. The SMILES string of the molecule is COc1c(Cl)cc(Cl)cc1/C=C/C(=O)Nc1ccc(F)c([N+](=O)[O-])c1. The summed E-state index contributed by atoms with van der Waals surface area (Å²) in [6, 6.07) is 6.09. The average Bonchev–Trinajstić information content (AvgIpc) is 2.54. The zero-order chi connectivity index (χ0) is 18.6. The number of carbonyl (C=O) groups is 1. The van der Waals surface area contributed by atoms with Gasteiger partial charge in [0, 0.05) is 28.4 Å². The first-order chi connectivity index (χ1) is 11.8. The molecule has 130 valence electrons. The van der Waals surface area contributed by atoms with E-state index in [4.69, 9.17) is 27.9 Å². The highest BCUT2D eigenvalue weighted by Crippen LogP contribution is 2.33. The van der Waals surface area contributed by atoms with Gasteiger partial charge in [0.05, 0.1) is 17.1 Å². The molecule has 0 aromatic heterocycles. The lowest BCUT2D eigenvalue weighted by molar-refractivity contribution is -0.387. The molecule has 0 aliphatic rings. The summed E-state index contributed by atoms with van der Waals surface area (Å²) in [6.07, 6.45) is 2.59. The molecule has 9 heteroatoms. The van der Waals surface area contributed by atoms with Gasteiger partial charge in [0.1, 0.15) is 5.75 Å². The molecule has 0 saturated heterocycles. The number of carbonyl (C=O) groups excluding carboxylic acids is 1. The van der Waals surface area contributed by atoms with Crippen molar-refractivity contribution < 1.29 is 18.8 Å². The number of anilines is 1. The summed E-state index contributed by atoms with van der Waals surface area (Å²) in [5, 5.41) is 13.7. The monoisotopic (exact) mass is 384 g/mol. The van der Waals surface area contributed by atoms with Crippen LogP contribution in [0.15, 0.2) is 36.4 Å². The van der Waals surface area contributed by atoms with Gasteiger partial charge in [0.15, 0.2) is 0 Å². The number of methoxy groups -OCH3 is 1. The number of amides is 1. The average molecular weight is 385 g/mol. The van der Waals surface area contributed by atoms with E-state index in [0.717, 1.165) is 12.1 Å². The first-order valence-corrected chi connectivity index (χ1v) is 7.53. The fraction of sp³-hybridized carbons (Fsp3) is 0.0625. The number of hydrogen-bond acceptors (Lipinski definition) is 4. The molecule has 2 rings (SSSR count). The van der Waals surface area contributed by atoms with Crippen molar-refractivity contribution in [2.45, 2.75) is 0 Å². The summed E-state index contributed by atoms with van der Waals surface area (Å²) in [4.78, 5) is 21.8. The largest absolute Gasteiger partial charge is 0.495 e. The molecule has 0 bridgehead atoms. The molecule has 0 radical (unpaired) electrons. The third-order valence-electron chi connectivity index (χ3n) is 3.07. The van der Waals surface area contributed by atoms with Crippen LogP contribution in [0, 0.1) is 15.9 Å². The van der Waals surface area contributed by atoms with E-state index in [2.05, 4.69) is 5.32 Å². The number of nitro groups is 1. The molecule has 1 N–H and O–H groups in total. The van der Waals surface area contributed by atoms with Gasteiger partial charge in [0.25, 0.3) is 0 Å². The van der Waals surface area contributed by atoms with Crippen LogP contribution in [0.3, 0.4) is 0 Å². The van der Waals surface area contributed by atoms with Crippen LogP contribution in [0.25, 0.3) is 6.08 Å². The van der Waals surface area contributed by atoms with Crippen LogP contribution >= 0.6 is 23.2 Å². The lowest BCUT2D eigenvalue weighted by atomic mass is 10.2. The minimum Gasteiger partial charge on any atom is -0.495 e. The van der Waals surface area contributed by atoms with E-state index in [1.165, 1.54) is 31.4 Å². The molecule has 0 fully saturated rings. The Bertz CT molecular complexity index is 871. The van der Waals surface area contributed by atoms with Gasteiger partial charge < -0.3 is 10.1 Å². The molecule has 0 aliphatic carbocycles. The summed E-state index contributed by atoms with van der Waals surface area (Å²) >= 11 is 11.9. The van der Waals surface area contributed by atoms with Gasteiger partial charge in [-0.1, -0.05) is 23.2 Å². The summed E-state index contributed by atoms with van der Waals surface area (Å²) in [5.74, 6) is -1.23. The molecule has 2 aromatic carbocycles. The Hall–Kier alpha value is -2.64. The van der Waals surface area contributed by atoms with Crippen molar-refractivity contribution in [2.75, 3.05) is 12.4 Å². The molecule has 0 saturated carbocycles. The number of halogens is 3. The molecule has 1 amide bonds. The van der Waals surface area contributed by atoms with Crippen LogP contribution < -0.4 is 10.1 Å². The molecule has 0 atom stereocenters. The summed E-state index contributed by atoms with van der Waals surface area (Å²) < 4.78 is 18.4. The van der Waals surface area contributed by atoms with Crippen molar-refractivity contribution in [2.24, 2.45) is 0 Å². The quantitative estimate of drug-likeness (QED) is 0.460. The van der Waals surface area contributed by atoms with E-state index in [-0.39, 0.29) is 10.7 Å². The van der Waals surface area contributed by atoms with E-state index < -0.39 is 22.3 Å². The number of nitrogens with zero attached hydrogens (tertiary/aromatic N) is 1. The van der Waals surface area contributed by atoms with E-state index in [9.17, 15) is 19.3 Å². The number of rotatable bonds is 5. The Morgan fingerprint density at radius 2 is 2.04 bits per heavy atom. The van der Waals surface area contributed by atoms with E-state index >= 15 is 0 Å². The van der Waals surface area contributed by atoms with Gasteiger partial charge in [-0.05, 0) is 30.3 Å². The maximum absolute atomic E-state index is 13.3. The maximum Gasteiger partial charge on any atom is 0.306 e. The lowest BCUT2D eigenvalue weighted by Gasteiger charge is -2.08. The highest BCUT2D eigenvalue weighted by atomic mass is 35.5. The number of nitrogens with one attached hydrogen (secondary N) is 1. The predicted octanol–water partition coefficient (Wildman–Crippen LogP) is 4.70. The van der Waals surface area contributed by atoms with Gasteiger partial charge in [-0.3, -0.25) is 14.9 Å². The fourth-order valence-electron chi connectivity index (χ4n) is 2.00. The predicted molar refractivity (Wildman–Crippen MR) is 93.7 cm³/mol. The zero-order valence-electron chi connectivity index (χ0n) is 12.8. The van der Waals surface area contributed by atoms with Crippen LogP contribution in [-0.4, -0.2) is 17.9 Å². The van der Waals surface area contributed by atoms with Crippen LogP contribution in [0.4, 0.5) is 15.8 Å². The second-order valence-electron chi connectivity index (χ2n) is 4.76. The molecule has 0 unspecified atom stereocenters. The smallest absolute Gasteiger partial charge is 0.306 e. The van der Waals surface area contributed by atoms with E-state index in [1.807, 2.05) is 0 Å². The van der Waals surface area contributed by atoms with Crippen molar-refractivity contribution in [3.8, 4) is 5.75 Å². The molecule has 2 aromatic rings. The molecule has 25 heavy (non-hydrogen) atoms. The van der Waals surface area contributed by atoms with Gasteiger partial charge in [-0.2, -0.15) is 4.39 Å². The zero-order valence-corrected chi connectivity index (χ0v) is 14.3. The third kappa shape index (κ3) is 4.68. The molecule has 0 spiro atoms. The standard InChI is InChI=1S/C16H11Cl2FN2O4/c1-25-16-9(6-10(17)7-12(16)18)2-5-15(22)20-11-3-4-13(19)14(8-11)21(23)24/h2-8H,1H3,(H,20,22)/b5-2+. The minimum absolute atomic E-state index is 0.0823. The third-order valence-corrected chi connectivity index (χ3v) is 3.56. The number of hydrogen-bond donors (Lipinski definition) is 1. The van der Waals surface area contributed by atoms with Crippen molar-refractivity contribution in [3.63, 3.8) is 0 Å². The van der Waals surface area contributed by atoms with Crippen LogP contribution in [0.1, 0.15) is 5.56 Å². The van der Waals surface area contributed by atoms with Crippen molar-refractivity contribution in [1.29, 1.82) is 0 Å². The topological polar surface area (TPSA) is 81.5 Å². The summed E-state index contributed by atoms with van der Waals surface area (Å²) in [6.45, 7) is 0. The number of nitro benzene ring substituents is 1. The Morgan fingerprint density at radius 1 is 1.32 bits per heavy atom. The first-order valence-electron chi connectivity index (χ1n) is 6.78. The van der Waals surface area contributed by atoms with Crippen LogP contribution in [-0.2, 0) is 4.79 Å². The van der Waals surface area contributed by atoms with Crippen LogP contribution in [0.2, 0.25) is 10.0 Å². The molecule has 6 nitrogen and oxygen atoms in total. The maximum atomic E-state index is 13.3. The van der Waals surface area contributed by atoms with E-state index in [0.29, 0.717) is 16.3 Å². The molecular formula is C16H11Cl2FN2O4. The van der Waals surface area contributed by atoms with Gasteiger partial charge in [-0.25, -0.2) is 0 Å². The van der Waals surface area contributed by atoms with Gasteiger partial charge in [-0.15, -0.1) is 0 Å². The van der Waals surface area contributed by atoms with Crippen molar-refractivity contribution >= 4 is 46.6 Å². The van der Waals surface area contributed by atoms with E-state index in [1.54, 1.807) is 6.07 Å². The number of ether oxygens (including phenoxy) is 1. The summed E-state index contributed by atoms with van der Waals surface area (Å²) in [7, 11) is 1.42. The lowest BCUT2D eigenvalue weighted by Crippen LogP contribution is -2.08. The van der Waals surface area contributed by atoms with Gasteiger partial charge >= 0.3 is 5.69 Å². The minimum atomic E-state index is -0.989. The summed E-state index contributed by atoms with van der Waals surface area (Å²) in [5.41, 5.74) is -0.177. The Labute approximate surface area is 152 Å². The Balaban J connectivity index is 2.20. The van der Waals surface area contributed by atoms with Crippen LogP contribution in [0.5, 0.6) is 5.75 Å². The van der Waals surface area contributed by atoms with Gasteiger partial charge in [0.2, 0.25) is 11.7 Å². The molecular weight excluding hydrogens is 374 g/mol. The van der Waals surface area contributed by atoms with Crippen molar-refractivity contribution in [3.05, 3.63) is 67.9 Å². The van der Waals surface area contributed by atoms with Crippen molar-refractivity contribution in [1.82, 2.24) is 0 Å². The fourth-order valence-corrected chi connectivity index (χ4v) is 2.59.